The van der Waals surface area contributed by atoms with Crippen LogP contribution >= 0.6 is 0 Å². The maximum atomic E-state index is 13.6. The Balaban J connectivity index is 2.48. The third-order valence-electron chi connectivity index (χ3n) is 2.44. The van der Waals surface area contributed by atoms with Crippen molar-refractivity contribution in [3.63, 3.8) is 0 Å². The van der Waals surface area contributed by atoms with Crippen LogP contribution in [0.3, 0.4) is 0 Å². The Bertz CT molecular complexity index is 575. The van der Waals surface area contributed by atoms with E-state index in [0.29, 0.717) is 17.1 Å². The summed E-state index contributed by atoms with van der Waals surface area (Å²) in [5.74, 6) is 0.102. The fraction of sp³-hybridized carbons (Fsp3) is 0.0769. The van der Waals surface area contributed by atoms with Gasteiger partial charge in [-0.05, 0) is 24.3 Å². The van der Waals surface area contributed by atoms with Crippen molar-refractivity contribution in [1.29, 1.82) is 5.26 Å². The maximum Gasteiger partial charge on any atom is 0.150 e. The van der Waals surface area contributed by atoms with Gasteiger partial charge in [-0.1, -0.05) is 12.1 Å². The van der Waals surface area contributed by atoms with Gasteiger partial charge in [0.1, 0.15) is 11.9 Å². The molecule has 0 amide bonds. The van der Waals surface area contributed by atoms with E-state index in [9.17, 15) is 4.39 Å². The molecule has 0 atom stereocenters. The van der Waals surface area contributed by atoms with Crippen LogP contribution in [0.5, 0.6) is 0 Å². The summed E-state index contributed by atoms with van der Waals surface area (Å²) in [5, 5.41) is 8.97. The molecule has 84 valence electrons. The first-order chi connectivity index (χ1) is 8.24. The van der Waals surface area contributed by atoms with E-state index in [1.165, 1.54) is 6.07 Å². The lowest BCUT2D eigenvalue weighted by Gasteiger charge is -2.19. The largest absolute Gasteiger partial charge is 0.326 e. The van der Waals surface area contributed by atoms with Crippen LogP contribution in [0.25, 0.3) is 0 Å². The molecule has 1 aromatic carbocycles. The van der Waals surface area contributed by atoms with Gasteiger partial charge in [0, 0.05) is 13.2 Å². The van der Waals surface area contributed by atoms with E-state index in [0.717, 1.165) is 0 Å². The molecule has 0 saturated heterocycles. The second kappa shape index (κ2) is 4.62. The zero-order valence-electron chi connectivity index (χ0n) is 9.26. The highest BCUT2D eigenvalue weighted by atomic mass is 19.1. The van der Waals surface area contributed by atoms with Gasteiger partial charge in [-0.2, -0.15) is 5.26 Å². The van der Waals surface area contributed by atoms with Crippen LogP contribution in [0.15, 0.2) is 42.6 Å². The number of rotatable bonds is 2. The average molecular weight is 227 g/mol. The Hall–Kier alpha value is -2.41. The molecule has 0 fully saturated rings. The summed E-state index contributed by atoms with van der Waals surface area (Å²) in [6, 6.07) is 11.8. The quantitative estimate of drug-likeness (QED) is 0.792. The van der Waals surface area contributed by atoms with E-state index in [1.54, 1.807) is 48.5 Å². The van der Waals surface area contributed by atoms with Crippen LogP contribution in [0.1, 0.15) is 5.56 Å². The minimum absolute atomic E-state index is 0.343. The first-order valence-corrected chi connectivity index (χ1v) is 5.07. The zero-order valence-corrected chi connectivity index (χ0v) is 9.26. The molecule has 17 heavy (non-hydrogen) atoms. The number of anilines is 2. The smallest absolute Gasteiger partial charge is 0.150 e. The van der Waals surface area contributed by atoms with E-state index >= 15 is 0 Å². The standard InChI is InChI=1S/C13H10FN3/c1-17(12-7-3-2-6-11(12)14)13-10(9-15)5-4-8-16-13/h2-8H,1H3. The van der Waals surface area contributed by atoms with Gasteiger partial charge in [0.15, 0.2) is 5.82 Å². The predicted molar refractivity (Wildman–Crippen MR) is 63.4 cm³/mol. The van der Waals surface area contributed by atoms with Crippen LogP contribution < -0.4 is 4.90 Å². The van der Waals surface area contributed by atoms with Crippen LogP contribution in [-0.4, -0.2) is 12.0 Å². The number of para-hydroxylation sites is 1. The molecule has 0 radical (unpaired) electrons. The van der Waals surface area contributed by atoms with Gasteiger partial charge in [-0.15, -0.1) is 0 Å². The van der Waals surface area contributed by atoms with Crippen molar-refractivity contribution in [2.45, 2.75) is 0 Å². The molecule has 0 aliphatic rings. The van der Waals surface area contributed by atoms with Gasteiger partial charge >= 0.3 is 0 Å². The lowest BCUT2D eigenvalue weighted by molar-refractivity contribution is 0.627. The number of nitriles is 1. The molecule has 0 aliphatic carbocycles. The lowest BCUT2D eigenvalue weighted by atomic mass is 10.2. The normalized spacial score (nSPS) is 9.71. The van der Waals surface area contributed by atoms with Gasteiger partial charge in [0.2, 0.25) is 0 Å². The molecule has 2 aromatic rings. The van der Waals surface area contributed by atoms with Crippen molar-refractivity contribution in [1.82, 2.24) is 4.98 Å². The predicted octanol–water partition coefficient (Wildman–Crippen LogP) is 2.86. The number of benzene rings is 1. The van der Waals surface area contributed by atoms with Gasteiger partial charge in [-0.3, -0.25) is 0 Å². The van der Waals surface area contributed by atoms with Gasteiger partial charge in [0.05, 0.1) is 11.3 Å². The first kappa shape index (κ1) is 11.1. The Labute approximate surface area is 98.8 Å². The molecule has 0 aliphatic heterocycles. The summed E-state index contributed by atoms with van der Waals surface area (Å²) in [6.45, 7) is 0. The lowest BCUT2D eigenvalue weighted by Crippen LogP contribution is -2.14. The van der Waals surface area contributed by atoms with Crippen molar-refractivity contribution >= 4 is 11.5 Å². The molecule has 0 bridgehead atoms. The molecule has 0 saturated carbocycles. The van der Waals surface area contributed by atoms with E-state index in [4.69, 9.17) is 5.26 Å². The van der Waals surface area contributed by atoms with Crippen molar-refractivity contribution in [2.75, 3.05) is 11.9 Å². The topological polar surface area (TPSA) is 39.9 Å². The number of aromatic nitrogens is 1. The second-order valence-electron chi connectivity index (χ2n) is 3.50. The van der Waals surface area contributed by atoms with E-state index in [1.807, 2.05) is 6.07 Å². The number of halogens is 1. The second-order valence-corrected chi connectivity index (χ2v) is 3.50. The van der Waals surface area contributed by atoms with Crippen molar-refractivity contribution in [3.8, 4) is 6.07 Å². The summed E-state index contributed by atoms with van der Waals surface area (Å²) in [5.41, 5.74) is 0.806. The molecular weight excluding hydrogens is 217 g/mol. The zero-order chi connectivity index (χ0) is 12.3. The summed E-state index contributed by atoms with van der Waals surface area (Å²) in [4.78, 5) is 5.67. The highest BCUT2D eigenvalue weighted by molar-refractivity contribution is 5.65. The van der Waals surface area contributed by atoms with Crippen LogP contribution in [0, 0.1) is 17.1 Å². The highest BCUT2D eigenvalue weighted by Crippen LogP contribution is 2.26. The van der Waals surface area contributed by atoms with Gasteiger partial charge in [0.25, 0.3) is 0 Å². The molecule has 0 unspecified atom stereocenters. The summed E-state index contributed by atoms with van der Waals surface area (Å²) in [6.07, 6.45) is 1.58. The fourth-order valence-corrected chi connectivity index (χ4v) is 1.59. The summed E-state index contributed by atoms with van der Waals surface area (Å²) < 4.78 is 13.6. The van der Waals surface area contributed by atoms with Crippen LogP contribution in [-0.2, 0) is 0 Å². The Kier molecular flexibility index (Phi) is 3.01. The van der Waals surface area contributed by atoms with Crippen molar-refractivity contribution in [3.05, 3.63) is 54.0 Å². The Morgan fingerprint density at radius 1 is 1.24 bits per heavy atom. The average Bonchev–Trinajstić information content (AvgIpc) is 2.38. The highest BCUT2D eigenvalue weighted by Gasteiger charge is 2.13. The molecule has 0 N–H and O–H groups in total. The minimum atomic E-state index is -0.343. The fourth-order valence-electron chi connectivity index (χ4n) is 1.59. The maximum absolute atomic E-state index is 13.6. The monoisotopic (exact) mass is 227 g/mol. The number of pyridine rings is 1. The van der Waals surface area contributed by atoms with Gasteiger partial charge < -0.3 is 4.90 Å². The number of nitrogens with zero attached hydrogens (tertiary/aromatic N) is 3. The van der Waals surface area contributed by atoms with E-state index in [-0.39, 0.29) is 5.82 Å². The number of hydrogen-bond donors (Lipinski definition) is 0. The minimum Gasteiger partial charge on any atom is -0.326 e. The van der Waals surface area contributed by atoms with Crippen molar-refractivity contribution < 1.29 is 4.39 Å². The summed E-state index contributed by atoms with van der Waals surface area (Å²) >= 11 is 0. The van der Waals surface area contributed by atoms with Crippen molar-refractivity contribution in [2.24, 2.45) is 0 Å². The molecule has 0 spiro atoms. The Morgan fingerprint density at radius 3 is 2.71 bits per heavy atom. The molecule has 2 rings (SSSR count). The third-order valence-corrected chi connectivity index (χ3v) is 2.44. The molecular formula is C13H10FN3. The SMILES string of the molecule is CN(c1ccccc1F)c1ncccc1C#N. The van der Waals surface area contributed by atoms with Gasteiger partial charge in [-0.25, -0.2) is 9.37 Å². The first-order valence-electron chi connectivity index (χ1n) is 5.07. The molecule has 1 aromatic heterocycles. The summed E-state index contributed by atoms with van der Waals surface area (Å²) in [7, 11) is 1.68. The van der Waals surface area contributed by atoms with Crippen LogP contribution in [0.4, 0.5) is 15.9 Å². The van der Waals surface area contributed by atoms with E-state index < -0.39 is 0 Å². The molecule has 4 heteroatoms. The third kappa shape index (κ3) is 2.08. The van der Waals surface area contributed by atoms with Crippen LogP contribution in [0.2, 0.25) is 0 Å². The molecule has 3 nitrogen and oxygen atoms in total. The van der Waals surface area contributed by atoms with E-state index in [2.05, 4.69) is 4.98 Å². The Morgan fingerprint density at radius 2 is 2.00 bits per heavy atom. The number of hydrogen-bond acceptors (Lipinski definition) is 3. The molecule has 1 heterocycles.